The molecular formula is C25H40N2O5. The summed E-state index contributed by atoms with van der Waals surface area (Å²) in [5.74, 6) is 1.12. The minimum Gasteiger partial charge on any atom is -0.481 e. The Labute approximate surface area is 191 Å². The van der Waals surface area contributed by atoms with E-state index in [1.54, 1.807) is 0 Å². The molecule has 5 unspecified atom stereocenters. The highest BCUT2D eigenvalue weighted by molar-refractivity contribution is 5.66. The Balaban J connectivity index is 1.34. The van der Waals surface area contributed by atoms with Crippen LogP contribution in [0, 0.1) is 23.2 Å². The lowest BCUT2D eigenvalue weighted by Crippen LogP contribution is -2.79. The number of rotatable bonds is 8. The van der Waals surface area contributed by atoms with Crippen molar-refractivity contribution in [3.8, 4) is 0 Å². The molecule has 0 amide bonds. The maximum atomic E-state index is 11.0. The minimum atomic E-state index is -0.736. The number of methoxy groups -OCH3 is 1. The zero-order valence-electron chi connectivity index (χ0n) is 19.4. The van der Waals surface area contributed by atoms with Crippen molar-refractivity contribution in [2.24, 2.45) is 23.2 Å². The SMILES string of the molecule is CO[C@]12CC[C@@H](NCCCC(=O)O)[C@@H]3OC4C(O)CCC5CC1N(CC1CC1)CC[C@]32C54. The van der Waals surface area contributed by atoms with Crippen molar-refractivity contribution in [3.63, 3.8) is 0 Å². The van der Waals surface area contributed by atoms with E-state index >= 15 is 0 Å². The van der Waals surface area contributed by atoms with E-state index in [4.69, 9.17) is 14.6 Å². The number of likely N-dealkylation sites (tertiary alicyclic amines) is 1. The number of aliphatic carboxylic acids is 1. The second kappa shape index (κ2) is 7.91. The number of aliphatic hydroxyl groups is 1. The standard InChI is InChI=1S/C25H40N2O5/c1-31-25-9-8-17(26-11-2-3-20(29)30)23-24(25)10-12-27(14-15-4-5-15)19(25)13-16-6-7-18(28)22(32-23)21(16)24/h15-19,21-23,26,28H,2-14H2,1H3,(H,29,30)/t16?,17-,18?,19?,21?,22?,23+,24+,25-/m1/s1. The van der Waals surface area contributed by atoms with Crippen LogP contribution in [0.2, 0.25) is 0 Å². The molecule has 0 aromatic carbocycles. The number of hydrogen-bond acceptors (Lipinski definition) is 6. The Morgan fingerprint density at radius 3 is 2.81 bits per heavy atom. The normalized spacial score (nSPS) is 49.6. The van der Waals surface area contributed by atoms with Crippen LogP contribution < -0.4 is 5.32 Å². The van der Waals surface area contributed by atoms with Crippen LogP contribution in [0.4, 0.5) is 0 Å². The van der Waals surface area contributed by atoms with Gasteiger partial charge < -0.3 is 25.0 Å². The van der Waals surface area contributed by atoms with E-state index in [-0.39, 0.29) is 41.8 Å². The van der Waals surface area contributed by atoms with Crippen LogP contribution >= 0.6 is 0 Å². The fourth-order valence-corrected chi connectivity index (χ4v) is 9.02. The third-order valence-electron chi connectivity index (χ3n) is 10.3. The van der Waals surface area contributed by atoms with Gasteiger partial charge in [-0.15, -0.1) is 0 Å². The lowest BCUT2D eigenvalue weighted by Gasteiger charge is -2.70. The number of aliphatic hydroxyl groups excluding tert-OH is 1. The molecule has 4 saturated carbocycles. The monoisotopic (exact) mass is 448 g/mol. The molecule has 2 heterocycles. The second-order valence-electron chi connectivity index (χ2n) is 11.6. The molecule has 7 nitrogen and oxygen atoms in total. The van der Waals surface area contributed by atoms with E-state index in [2.05, 4.69) is 10.2 Å². The number of carboxylic acids is 1. The van der Waals surface area contributed by atoms with Crippen LogP contribution in [0.1, 0.15) is 64.2 Å². The smallest absolute Gasteiger partial charge is 0.303 e. The van der Waals surface area contributed by atoms with Crippen LogP contribution in [0.5, 0.6) is 0 Å². The summed E-state index contributed by atoms with van der Waals surface area (Å²) in [7, 11) is 1.93. The van der Waals surface area contributed by atoms with Crippen LogP contribution in [-0.2, 0) is 14.3 Å². The first kappa shape index (κ1) is 21.8. The van der Waals surface area contributed by atoms with Gasteiger partial charge in [0.25, 0.3) is 0 Å². The quantitative estimate of drug-likeness (QED) is 0.489. The first-order valence-corrected chi connectivity index (χ1v) is 13.1. The Hall–Kier alpha value is -0.730. The van der Waals surface area contributed by atoms with E-state index in [0.717, 1.165) is 44.6 Å². The highest BCUT2D eigenvalue weighted by atomic mass is 16.5. The lowest BCUT2D eigenvalue weighted by molar-refractivity contribution is -0.272. The third kappa shape index (κ3) is 3.00. The number of nitrogens with zero attached hydrogens (tertiary/aromatic N) is 1. The summed E-state index contributed by atoms with van der Waals surface area (Å²) in [4.78, 5) is 13.7. The van der Waals surface area contributed by atoms with Gasteiger partial charge in [0.05, 0.1) is 23.9 Å². The number of carboxylic acid groups (broad SMARTS) is 1. The van der Waals surface area contributed by atoms with Crippen LogP contribution in [-0.4, -0.2) is 83.8 Å². The lowest BCUT2D eigenvalue weighted by atomic mass is 9.42. The second-order valence-corrected chi connectivity index (χ2v) is 11.6. The van der Waals surface area contributed by atoms with Crippen molar-refractivity contribution in [2.75, 3.05) is 26.7 Å². The zero-order valence-corrected chi connectivity index (χ0v) is 19.4. The fourth-order valence-electron chi connectivity index (χ4n) is 9.02. The van der Waals surface area contributed by atoms with Gasteiger partial charge in [0.1, 0.15) is 0 Å². The molecule has 2 aliphatic heterocycles. The third-order valence-corrected chi connectivity index (χ3v) is 10.3. The van der Waals surface area contributed by atoms with Gasteiger partial charge >= 0.3 is 5.97 Å². The van der Waals surface area contributed by atoms with E-state index in [0.29, 0.717) is 30.8 Å². The van der Waals surface area contributed by atoms with Gasteiger partial charge in [-0.1, -0.05) is 0 Å². The van der Waals surface area contributed by atoms with Gasteiger partial charge in [-0.2, -0.15) is 0 Å². The molecule has 6 aliphatic rings. The molecule has 0 radical (unpaired) electrons. The predicted molar refractivity (Wildman–Crippen MR) is 118 cm³/mol. The zero-order chi connectivity index (χ0) is 22.1. The van der Waals surface area contributed by atoms with E-state index in [9.17, 15) is 9.90 Å². The van der Waals surface area contributed by atoms with Gasteiger partial charge in [0.15, 0.2) is 0 Å². The Bertz CT molecular complexity index is 746. The number of ether oxygens (including phenoxy) is 2. The van der Waals surface area contributed by atoms with Crippen molar-refractivity contribution < 1.29 is 24.5 Å². The minimum absolute atomic E-state index is 0.0390. The van der Waals surface area contributed by atoms with Crippen molar-refractivity contribution in [1.82, 2.24) is 10.2 Å². The molecule has 7 heteroatoms. The molecule has 180 valence electrons. The summed E-state index contributed by atoms with van der Waals surface area (Å²) in [6.45, 7) is 3.03. The van der Waals surface area contributed by atoms with Crippen LogP contribution in [0.25, 0.3) is 0 Å². The van der Waals surface area contributed by atoms with Gasteiger partial charge in [-0.3, -0.25) is 9.69 Å². The Morgan fingerprint density at radius 2 is 2.06 bits per heavy atom. The summed E-state index contributed by atoms with van der Waals surface area (Å²) in [5, 5.41) is 23.7. The summed E-state index contributed by atoms with van der Waals surface area (Å²) < 4.78 is 13.5. The van der Waals surface area contributed by atoms with Crippen molar-refractivity contribution in [3.05, 3.63) is 0 Å². The molecule has 2 saturated heterocycles. The van der Waals surface area contributed by atoms with Crippen LogP contribution in [0.15, 0.2) is 0 Å². The topological polar surface area (TPSA) is 91.3 Å². The molecule has 1 spiro atoms. The summed E-state index contributed by atoms with van der Waals surface area (Å²) in [6.07, 6.45) is 9.41. The molecular weight excluding hydrogens is 408 g/mol. The largest absolute Gasteiger partial charge is 0.481 e. The molecule has 9 atom stereocenters. The molecule has 6 rings (SSSR count). The highest BCUT2D eigenvalue weighted by Crippen LogP contribution is 2.70. The number of piperidine rings is 1. The summed E-state index contributed by atoms with van der Waals surface area (Å²) in [5.41, 5.74) is -0.249. The van der Waals surface area contributed by atoms with Crippen LogP contribution in [0.3, 0.4) is 0 Å². The Kier molecular flexibility index (Phi) is 5.38. The number of nitrogens with one attached hydrogen (secondary N) is 1. The fraction of sp³-hybridized carbons (Fsp3) is 0.960. The molecule has 32 heavy (non-hydrogen) atoms. The van der Waals surface area contributed by atoms with Gasteiger partial charge in [-0.25, -0.2) is 0 Å². The average Bonchev–Trinajstić information content (AvgIpc) is 3.52. The highest BCUT2D eigenvalue weighted by Gasteiger charge is 2.78. The molecule has 4 aliphatic carbocycles. The molecule has 3 N–H and O–H groups in total. The molecule has 2 bridgehead atoms. The first-order valence-electron chi connectivity index (χ1n) is 13.1. The van der Waals surface area contributed by atoms with Crippen molar-refractivity contribution >= 4 is 5.97 Å². The van der Waals surface area contributed by atoms with E-state index < -0.39 is 5.97 Å². The van der Waals surface area contributed by atoms with E-state index in [1.165, 1.54) is 25.8 Å². The maximum Gasteiger partial charge on any atom is 0.303 e. The summed E-state index contributed by atoms with van der Waals surface area (Å²) in [6, 6.07) is 0.662. The number of hydrogen-bond donors (Lipinski definition) is 3. The maximum absolute atomic E-state index is 11.0. The van der Waals surface area contributed by atoms with Gasteiger partial charge in [0, 0.05) is 43.5 Å². The average molecular weight is 449 g/mol. The van der Waals surface area contributed by atoms with Crippen molar-refractivity contribution in [2.45, 2.75) is 100 Å². The predicted octanol–water partition coefficient (Wildman–Crippen LogP) is 2.02. The molecule has 6 fully saturated rings. The van der Waals surface area contributed by atoms with Gasteiger partial charge in [-0.05, 0) is 82.7 Å². The van der Waals surface area contributed by atoms with Crippen molar-refractivity contribution in [1.29, 1.82) is 0 Å². The molecule has 0 aromatic heterocycles. The van der Waals surface area contributed by atoms with Gasteiger partial charge in [0.2, 0.25) is 0 Å². The van der Waals surface area contributed by atoms with E-state index in [1.807, 2.05) is 7.11 Å². The summed E-state index contributed by atoms with van der Waals surface area (Å²) >= 11 is 0. The Morgan fingerprint density at radius 1 is 1.22 bits per heavy atom. The first-order chi connectivity index (χ1) is 15.5. The number of carbonyl (C=O) groups is 1. The molecule has 0 aromatic rings.